The van der Waals surface area contributed by atoms with Gasteiger partial charge < -0.3 is 55.1 Å². The lowest BCUT2D eigenvalue weighted by Gasteiger charge is -2.43. The number of amides is 11. The molecule has 532 valence electrons. The second-order valence-corrected chi connectivity index (χ2v) is 29.8. The molecule has 2 saturated heterocycles. The van der Waals surface area contributed by atoms with Crippen molar-refractivity contribution in [2.75, 3.05) is 75.5 Å². The van der Waals surface area contributed by atoms with Gasteiger partial charge in [-0.1, -0.05) is 98.3 Å². The van der Waals surface area contributed by atoms with Gasteiger partial charge in [0, 0.05) is 73.7 Å². The Morgan fingerprint density at radius 2 is 1.18 bits per heavy atom. The lowest BCUT2D eigenvalue weighted by molar-refractivity contribution is -0.182. The van der Waals surface area contributed by atoms with E-state index in [0.29, 0.717) is 38.5 Å². The Morgan fingerprint density at radius 1 is 0.585 bits per heavy atom. The van der Waals surface area contributed by atoms with Gasteiger partial charge in [-0.25, -0.2) is 0 Å². The molecule has 3 unspecified atom stereocenters. The Hall–Kier alpha value is -5.75. The van der Waals surface area contributed by atoms with E-state index in [0.717, 1.165) is 56.3 Å². The third kappa shape index (κ3) is 19.7. The van der Waals surface area contributed by atoms with Gasteiger partial charge in [0.1, 0.15) is 41.8 Å². The molecule has 0 aromatic carbocycles. The first kappa shape index (κ1) is 77.3. The average molecular weight is 1350 g/mol. The minimum Gasteiger partial charge on any atom is -0.343 e. The molecule has 0 aromatic rings. The Bertz CT molecular complexity index is 2670. The van der Waals surface area contributed by atoms with Crippen LogP contribution in [-0.4, -0.2) is 239 Å². The molecule has 22 nitrogen and oxygen atoms in total. The Kier molecular flexibility index (Phi) is 28.3. The summed E-state index contributed by atoms with van der Waals surface area (Å²) in [6, 6.07) is -7.38. The van der Waals surface area contributed by atoms with Crippen LogP contribution in [-0.2, 0) is 52.7 Å². The maximum absolute atomic E-state index is 15.5. The van der Waals surface area contributed by atoms with Gasteiger partial charge in [0.05, 0.1) is 25.6 Å². The fourth-order valence-corrected chi connectivity index (χ4v) is 15.9. The molecular formula is C68H111ClF3N11O11. The smallest absolute Gasteiger partial charge is 0.343 e. The molecule has 0 bridgehead atoms. The van der Waals surface area contributed by atoms with E-state index in [4.69, 9.17) is 11.6 Å². The van der Waals surface area contributed by atoms with Crippen LogP contribution in [0.4, 0.5) is 13.2 Å². The quantitative estimate of drug-likeness (QED) is 0.199. The molecular weight excluding hydrogens is 1240 g/mol. The third-order valence-electron chi connectivity index (χ3n) is 21.8. The highest BCUT2D eigenvalue weighted by Crippen LogP contribution is 2.44. The second kappa shape index (κ2) is 34.5. The Balaban J connectivity index is 1.37. The number of hydrogen-bond donors (Lipinski definition) is 3. The predicted molar refractivity (Wildman–Crippen MR) is 350 cm³/mol. The Morgan fingerprint density at radius 3 is 1.78 bits per heavy atom. The van der Waals surface area contributed by atoms with Crippen molar-refractivity contribution in [2.24, 2.45) is 35.5 Å². The normalized spacial score (nSPS) is 30.3. The van der Waals surface area contributed by atoms with Crippen LogP contribution in [0.2, 0.25) is 0 Å². The van der Waals surface area contributed by atoms with E-state index in [9.17, 15) is 46.7 Å². The molecule has 1 spiro atoms. The molecule has 4 aliphatic carbocycles. The van der Waals surface area contributed by atoms with Crippen LogP contribution in [0.1, 0.15) is 195 Å². The predicted octanol–water partition coefficient (Wildman–Crippen LogP) is 6.49. The van der Waals surface area contributed by atoms with Crippen molar-refractivity contribution in [2.45, 2.75) is 255 Å². The summed E-state index contributed by atoms with van der Waals surface area (Å²) < 4.78 is 41.9. The summed E-state index contributed by atoms with van der Waals surface area (Å²) in [5.41, 5.74) is -1.46. The van der Waals surface area contributed by atoms with Crippen LogP contribution >= 0.6 is 11.6 Å². The Labute approximate surface area is 560 Å². The van der Waals surface area contributed by atoms with E-state index in [1.165, 1.54) is 69.5 Å². The van der Waals surface area contributed by atoms with E-state index in [1.54, 1.807) is 27.9 Å². The molecule has 26 heteroatoms. The van der Waals surface area contributed by atoms with Gasteiger partial charge in [-0.05, 0) is 120 Å². The minimum atomic E-state index is -4.49. The summed E-state index contributed by atoms with van der Waals surface area (Å²) >= 11 is 6.39. The van der Waals surface area contributed by atoms with Crippen molar-refractivity contribution >= 4 is 76.6 Å². The molecule has 94 heavy (non-hydrogen) atoms. The number of halogens is 4. The number of hydrogen-bond acceptors (Lipinski definition) is 11. The fraction of sp³-hybridized carbons (Fsp3) is 0.838. The molecule has 4 saturated carbocycles. The summed E-state index contributed by atoms with van der Waals surface area (Å²) in [6.07, 6.45) is 6.98. The zero-order valence-corrected chi connectivity index (χ0v) is 58.9. The van der Waals surface area contributed by atoms with Gasteiger partial charge >= 0.3 is 6.18 Å². The molecule has 3 N–H and O–H groups in total. The first-order valence-corrected chi connectivity index (χ1v) is 35.4. The van der Waals surface area contributed by atoms with E-state index >= 15 is 19.2 Å². The number of carbonyl (C=O) groups is 11. The zero-order chi connectivity index (χ0) is 69.7. The zero-order valence-electron chi connectivity index (χ0n) is 58.2. The van der Waals surface area contributed by atoms with Crippen molar-refractivity contribution in [1.29, 1.82) is 0 Å². The van der Waals surface area contributed by atoms with Crippen molar-refractivity contribution in [3.63, 3.8) is 0 Å². The molecule has 0 aromatic heterocycles. The van der Waals surface area contributed by atoms with Gasteiger partial charge in [0.25, 0.3) is 0 Å². The number of fused-ring (bicyclic) bond motifs is 1. The standard InChI is InChI=1S/C68H111ClF3N11O11/c1-13-43(4)58-64(92)78(8)40-56(86)76(6)41-57(87)81(11)53(38-45-23-16-14-17-24-45)63(91)77(7)39-54(84)73-50(31-29-46-28-30-48(49(69)37-46)68(70,71)72)62(90)83-34-22-27-51(83)61(89)75-67(32-20-21-33-67)66(94)82(12)59(47-25-18-15-19-26-47)65(93)79(9)44(5)36-55(85)80(10)52(35-42(2)3)60(88)74-58/h42-53,58-59H,13-41H2,1-12H3,(H,73,84)(H,74,88)(H,75,89)/t43-,44+,46?,48?,49?,50-,51-,52-,53-,58-,59-/m0/s1. The van der Waals surface area contributed by atoms with Crippen LogP contribution in [0, 0.1) is 35.5 Å². The molecule has 6 aliphatic rings. The first-order valence-electron chi connectivity index (χ1n) is 34.9. The lowest BCUT2D eigenvalue weighted by Crippen LogP contribution is -2.65. The molecule has 11 amide bonds. The van der Waals surface area contributed by atoms with Crippen molar-refractivity contribution < 1.29 is 65.9 Å². The molecule has 11 atom stereocenters. The molecule has 2 aliphatic heterocycles. The van der Waals surface area contributed by atoms with Gasteiger partial charge in [0.15, 0.2) is 0 Å². The van der Waals surface area contributed by atoms with Gasteiger partial charge in [-0.2, -0.15) is 13.2 Å². The summed E-state index contributed by atoms with van der Waals surface area (Å²) in [4.78, 5) is 172. The third-order valence-corrected chi connectivity index (χ3v) is 22.3. The van der Waals surface area contributed by atoms with E-state index in [1.807, 2.05) is 20.8 Å². The number of nitrogens with zero attached hydrogens (tertiary/aromatic N) is 8. The number of carbonyl (C=O) groups excluding carboxylic acids is 11. The van der Waals surface area contributed by atoms with E-state index in [-0.39, 0.29) is 101 Å². The molecule has 0 radical (unpaired) electrons. The topological polar surface area (TPSA) is 250 Å². The summed E-state index contributed by atoms with van der Waals surface area (Å²) in [5.74, 6) is -9.00. The number of alkyl halides is 4. The lowest BCUT2D eigenvalue weighted by atomic mass is 9.78. The van der Waals surface area contributed by atoms with Crippen molar-refractivity contribution in [1.82, 2.24) is 55.1 Å². The summed E-state index contributed by atoms with van der Waals surface area (Å²) in [7, 11) is 10.4. The summed E-state index contributed by atoms with van der Waals surface area (Å²) in [5, 5.41) is 7.67. The van der Waals surface area contributed by atoms with Crippen LogP contribution in [0.5, 0.6) is 0 Å². The van der Waals surface area contributed by atoms with Crippen LogP contribution in [0.15, 0.2) is 0 Å². The van der Waals surface area contributed by atoms with Crippen molar-refractivity contribution in [3.8, 4) is 0 Å². The highest BCUT2D eigenvalue weighted by molar-refractivity contribution is 6.20. The van der Waals surface area contributed by atoms with E-state index in [2.05, 4.69) is 16.0 Å². The van der Waals surface area contributed by atoms with Crippen LogP contribution in [0.25, 0.3) is 0 Å². The SMILES string of the molecule is CC[C@H](C)[C@@H]1NC(=O)[C@H](CC(C)C)N(C)C(=O)C[C@@H](C)N(C)C(=O)[C@H](C2CCCCC2)N(C)C(=O)C2(CCCC2)NC(=O)[C@@H]2CCCN2C(=O)[C@H](CCC2CCC(C(F)(F)F)C(Cl)C2)NC(=O)CN(C)C(=O)[C@H](CC2CCCCC2)N(C)C(=O)CN(C)C(=O)CN(C)C1=O. The molecule has 2 heterocycles. The first-order chi connectivity index (χ1) is 44.2. The molecule has 6 rings (SSSR count). The highest BCUT2D eigenvalue weighted by atomic mass is 35.5. The van der Waals surface area contributed by atoms with Gasteiger partial charge in [-0.3, -0.25) is 52.7 Å². The average Bonchev–Trinajstić information content (AvgIpc) is 0.893. The fourth-order valence-electron chi connectivity index (χ4n) is 15.4. The van der Waals surface area contributed by atoms with Crippen LogP contribution < -0.4 is 16.0 Å². The largest absolute Gasteiger partial charge is 0.393 e. The molecule has 6 fully saturated rings. The maximum atomic E-state index is 15.5. The highest BCUT2D eigenvalue weighted by Gasteiger charge is 2.52. The minimum absolute atomic E-state index is 0.0187. The number of likely N-dealkylation sites (N-methyl/N-ethyl adjacent to an activating group) is 7. The number of rotatable bonds is 10. The monoisotopic (exact) mass is 1350 g/mol. The van der Waals surface area contributed by atoms with Gasteiger partial charge in [-0.15, -0.1) is 11.6 Å². The number of nitrogens with one attached hydrogen (secondary N) is 3. The summed E-state index contributed by atoms with van der Waals surface area (Å²) in [6.45, 7) is 7.75. The van der Waals surface area contributed by atoms with Crippen LogP contribution in [0.3, 0.4) is 0 Å². The van der Waals surface area contributed by atoms with Gasteiger partial charge in [0.2, 0.25) is 65.0 Å². The van der Waals surface area contributed by atoms with E-state index < -0.39 is 156 Å². The maximum Gasteiger partial charge on any atom is 0.393 e. The van der Waals surface area contributed by atoms with Crippen molar-refractivity contribution in [3.05, 3.63) is 0 Å². The second-order valence-electron chi connectivity index (χ2n) is 29.2.